The quantitative estimate of drug-likeness (QED) is 0.717. The fourth-order valence-corrected chi connectivity index (χ4v) is 2.29. The van der Waals surface area contributed by atoms with E-state index < -0.39 is 5.60 Å². The highest BCUT2D eigenvalue weighted by Crippen LogP contribution is 2.43. The van der Waals surface area contributed by atoms with E-state index >= 15 is 0 Å². The summed E-state index contributed by atoms with van der Waals surface area (Å²) in [7, 11) is 0. The van der Waals surface area contributed by atoms with Crippen molar-refractivity contribution in [3.8, 4) is 0 Å². The molecule has 0 aromatic heterocycles. The van der Waals surface area contributed by atoms with Gasteiger partial charge in [-0.25, -0.2) is 0 Å². The Bertz CT molecular complexity index is 186. The van der Waals surface area contributed by atoms with Crippen LogP contribution in [0.25, 0.3) is 0 Å². The van der Waals surface area contributed by atoms with Crippen molar-refractivity contribution in [2.24, 2.45) is 17.1 Å². The van der Waals surface area contributed by atoms with Crippen molar-refractivity contribution in [2.45, 2.75) is 39.2 Å². The summed E-state index contributed by atoms with van der Waals surface area (Å²) in [5.41, 5.74) is 4.86. The highest BCUT2D eigenvalue weighted by atomic mass is 16.5. The zero-order valence-electron chi connectivity index (χ0n) is 9.55. The lowest BCUT2D eigenvalue weighted by atomic mass is 9.66. The lowest BCUT2D eigenvalue weighted by Crippen LogP contribution is -2.55. The minimum Gasteiger partial charge on any atom is -0.389 e. The first kappa shape index (κ1) is 12.0. The molecule has 3 nitrogen and oxygen atoms in total. The molecule has 1 saturated heterocycles. The van der Waals surface area contributed by atoms with Gasteiger partial charge in [0.2, 0.25) is 0 Å². The van der Waals surface area contributed by atoms with Crippen LogP contribution >= 0.6 is 0 Å². The molecule has 3 atom stereocenters. The molecular formula is C11H23NO2. The summed E-state index contributed by atoms with van der Waals surface area (Å²) in [6.45, 7) is 7.91. The molecule has 0 amide bonds. The van der Waals surface area contributed by atoms with E-state index in [1.165, 1.54) is 0 Å². The second-order valence-corrected chi connectivity index (χ2v) is 4.74. The molecule has 1 fully saturated rings. The van der Waals surface area contributed by atoms with Crippen LogP contribution in [0.15, 0.2) is 0 Å². The maximum absolute atomic E-state index is 10.6. The predicted molar refractivity (Wildman–Crippen MR) is 57.0 cm³/mol. The van der Waals surface area contributed by atoms with E-state index in [0.29, 0.717) is 13.2 Å². The lowest BCUT2D eigenvalue weighted by Gasteiger charge is -2.44. The minimum absolute atomic E-state index is 0.234. The van der Waals surface area contributed by atoms with E-state index in [9.17, 15) is 5.11 Å². The Morgan fingerprint density at radius 1 is 1.64 bits per heavy atom. The van der Waals surface area contributed by atoms with Gasteiger partial charge in [0.05, 0.1) is 12.2 Å². The van der Waals surface area contributed by atoms with Crippen LogP contribution in [-0.2, 0) is 4.74 Å². The minimum atomic E-state index is -0.715. The van der Waals surface area contributed by atoms with Gasteiger partial charge in [0.15, 0.2) is 0 Å². The van der Waals surface area contributed by atoms with E-state index in [1.54, 1.807) is 0 Å². The van der Waals surface area contributed by atoms with Crippen molar-refractivity contribution in [2.75, 3.05) is 19.8 Å². The van der Waals surface area contributed by atoms with Gasteiger partial charge in [-0.3, -0.25) is 0 Å². The number of aliphatic hydroxyl groups is 1. The van der Waals surface area contributed by atoms with Crippen LogP contribution in [0.5, 0.6) is 0 Å². The van der Waals surface area contributed by atoms with Crippen molar-refractivity contribution < 1.29 is 9.84 Å². The number of hydrogen-bond donors (Lipinski definition) is 2. The van der Waals surface area contributed by atoms with Gasteiger partial charge in [-0.15, -0.1) is 0 Å². The Morgan fingerprint density at radius 2 is 2.29 bits per heavy atom. The SMILES string of the molecule is CCC(C)C(C)(O)C1(CN)CCOC1. The van der Waals surface area contributed by atoms with Crippen molar-refractivity contribution >= 4 is 0 Å². The molecule has 0 radical (unpaired) electrons. The molecule has 0 saturated carbocycles. The molecular weight excluding hydrogens is 178 g/mol. The van der Waals surface area contributed by atoms with Gasteiger partial charge in [0.25, 0.3) is 0 Å². The maximum atomic E-state index is 10.6. The molecule has 84 valence electrons. The predicted octanol–water partition coefficient (Wildman–Crippen LogP) is 1.15. The monoisotopic (exact) mass is 201 g/mol. The Kier molecular flexibility index (Phi) is 3.56. The number of nitrogens with two attached hydrogens (primary N) is 1. The topological polar surface area (TPSA) is 55.5 Å². The number of ether oxygens (including phenoxy) is 1. The molecule has 1 rings (SSSR count). The third-order valence-corrected chi connectivity index (χ3v) is 4.14. The van der Waals surface area contributed by atoms with E-state index in [4.69, 9.17) is 10.5 Å². The van der Waals surface area contributed by atoms with Crippen LogP contribution in [0.1, 0.15) is 33.6 Å². The first-order valence-electron chi connectivity index (χ1n) is 5.50. The third-order valence-electron chi connectivity index (χ3n) is 4.14. The van der Waals surface area contributed by atoms with Gasteiger partial charge in [-0.2, -0.15) is 0 Å². The summed E-state index contributed by atoms with van der Waals surface area (Å²) < 4.78 is 5.39. The van der Waals surface area contributed by atoms with Gasteiger partial charge in [0, 0.05) is 18.6 Å². The summed E-state index contributed by atoms with van der Waals surface area (Å²) in [5.74, 6) is 0.257. The van der Waals surface area contributed by atoms with Gasteiger partial charge < -0.3 is 15.6 Å². The van der Waals surface area contributed by atoms with Crippen molar-refractivity contribution in [3.05, 3.63) is 0 Å². The first-order chi connectivity index (χ1) is 6.50. The van der Waals surface area contributed by atoms with E-state index in [0.717, 1.165) is 19.4 Å². The normalized spacial score (nSPS) is 34.1. The second kappa shape index (κ2) is 4.17. The second-order valence-electron chi connectivity index (χ2n) is 4.74. The summed E-state index contributed by atoms with van der Waals surface area (Å²) >= 11 is 0. The van der Waals surface area contributed by atoms with E-state index in [-0.39, 0.29) is 11.3 Å². The summed E-state index contributed by atoms with van der Waals surface area (Å²) in [4.78, 5) is 0. The van der Waals surface area contributed by atoms with Crippen LogP contribution in [0.3, 0.4) is 0 Å². The summed E-state index contributed by atoms with van der Waals surface area (Å²) in [6.07, 6.45) is 1.84. The van der Waals surface area contributed by atoms with Crippen molar-refractivity contribution in [1.29, 1.82) is 0 Å². The van der Waals surface area contributed by atoms with Crippen molar-refractivity contribution in [3.63, 3.8) is 0 Å². The van der Waals surface area contributed by atoms with Crippen LogP contribution in [0.2, 0.25) is 0 Å². The van der Waals surface area contributed by atoms with Crippen LogP contribution in [-0.4, -0.2) is 30.5 Å². The molecule has 0 aliphatic carbocycles. The fourth-order valence-electron chi connectivity index (χ4n) is 2.29. The molecule has 1 aliphatic heterocycles. The number of hydrogen-bond acceptors (Lipinski definition) is 3. The van der Waals surface area contributed by atoms with Crippen LogP contribution in [0, 0.1) is 11.3 Å². The average Bonchev–Trinajstić information content (AvgIpc) is 2.66. The van der Waals surface area contributed by atoms with Gasteiger partial charge >= 0.3 is 0 Å². The molecule has 1 aliphatic rings. The third kappa shape index (κ3) is 1.69. The molecule has 3 heteroatoms. The van der Waals surface area contributed by atoms with Crippen molar-refractivity contribution in [1.82, 2.24) is 0 Å². The number of rotatable bonds is 4. The molecule has 0 bridgehead atoms. The zero-order valence-corrected chi connectivity index (χ0v) is 9.55. The van der Waals surface area contributed by atoms with Gasteiger partial charge in [0.1, 0.15) is 0 Å². The molecule has 0 aromatic carbocycles. The molecule has 0 aromatic rings. The zero-order chi connectivity index (χ0) is 10.8. The Balaban J connectivity index is 2.86. The summed E-state index contributed by atoms with van der Waals surface area (Å²) in [5, 5.41) is 10.6. The van der Waals surface area contributed by atoms with E-state index in [1.807, 2.05) is 6.92 Å². The largest absolute Gasteiger partial charge is 0.389 e. The average molecular weight is 201 g/mol. The fraction of sp³-hybridized carbons (Fsp3) is 1.00. The Hall–Kier alpha value is -0.120. The Labute approximate surface area is 86.6 Å². The Morgan fingerprint density at radius 3 is 2.64 bits per heavy atom. The van der Waals surface area contributed by atoms with Gasteiger partial charge in [-0.1, -0.05) is 20.3 Å². The van der Waals surface area contributed by atoms with E-state index in [2.05, 4.69) is 13.8 Å². The first-order valence-corrected chi connectivity index (χ1v) is 5.50. The molecule has 1 heterocycles. The highest BCUT2D eigenvalue weighted by Gasteiger charge is 2.50. The maximum Gasteiger partial charge on any atom is 0.0735 e. The molecule has 3 unspecified atom stereocenters. The standard InChI is InChI=1S/C11H23NO2/c1-4-9(2)10(3,13)11(7-12)5-6-14-8-11/h9,13H,4-8,12H2,1-3H3. The van der Waals surface area contributed by atoms with Gasteiger partial charge in [-0.05, 0) is 19.3 Å². The lowest BCUT2D eigenvalue weighted by molar-refractivity contribution is -0.107. The van der Waals surface area contributed by atoms with Crippen LogP contribution in [0.4, 0.5) is 0 Å². The molecule has 3 N–H and O–H groups in total. The van der Waals surface area contributed by atoms with Crippen LogP contribution < -0.4 is 5.73 Å². The molecule has 0 spiro atoms. The highest BCUT2D eigenvalue weighted by molar-refractivity contribution is 5.01. The summed E-state index contributed by atoms with van der Waals surface area (Å²) in [6, 6.07) is 0. The molecule has 14 heavy (non-hydrogen) atoms. The smallest absolute Gasteiger partial charge is 0.0735 e.